The number of ether oxygens (including phenoxy) is 5. The van der Waals surface area contributed by atoms with E-state index in [4.69, 9.17) is 28.1 Å². The summed E-state index contributed by atoms with van der Waals surface area (Å²) in [5, 5.41) is -0.0456. The van der Waals surface area contributed by atoms with Gasteiger partial charge in [-0.3, -0.25) is 9.59 Å². The fourth-order valence-electron chi connectivity index (χ4n) is 3.19. The number of esters is 3. The van der Waals surface area contributed by atoms with Crippen molar-refractivity contribution in [3.8, 4) is 28.6 Å². The minimum absolute atomic E-state index is 0.0147. The van der Waals surface area contributed by atoms with Crippen LogP contribution in [-0.2, 0) is 19.1 Å². The third kappa shape index (κ3) is 5.62. The number of methoxy groups -OCH3 is 2. The van der Waals surface area contributed by atoms with Crippen molar-refractivity contribution in [3.63, 3.8) is 0 Å². The first-order valence-corrected chi connectivity index (χ1v) is 11.0. The van der Waals surface area contributed by atoms with Gasteiger partial charge in [0, 0.05) is 12.5 Å². The molecule has 0 fully saturated rings. The molecule has 11 heteroatoms. The summed E-state index contributed by atoms with van der Waals surface area (Å²) in [6.07, 6.45) is 0. The zero-order valence-corrected chi connectivity index (χ0v) is 20.8. The molecule has 0 saturated carbocycles. The summed E-state index contributed by atoms with van der Waals surface area (Å²) < 4.78 is 31.6. The van der Waals surface area contributed by atoms with Crippen LogP contribution in [-0.4, -0.2) is 45.3 Å². The molecule has 0 radical (unpaired) electrons. The number of carbonyl (C=O) groups is 3. The summed E-state index contributed by atoms with van der Waals surface area (Å²) >= 11 is 3.26. The predicted octanol–water partition coefficient (Wildman–Crippen LogP) is 3.88. The van der Waals surface area contributed by atoms with Gasteiger partial charge in [-0.2, -0.15) is 0 Å². The third-order valence-corrected chi connectivity index (χ3v) is 5.38. The Morgan fingerprint density at radius 1 is 1.03 bits per heavy atom. The van der Waals surface area contributed by atoms with Crippen LogP contribution >= 0.6 is 15.9 Å². The number of benzene rings is 2. The number of hydrogen-bond acceptors (Lipinski definition) is 10. The van der Waals surface area contributed by atoms with E-state index < -0.39 is 23.3 Å². The molecule has 10 nitrogen and oxygen atoms in total. The Hall–Kier alpha value is -3.86. The van der Waals surface area contributed by atoms with Crippen LogP contribution in [0.2, 0.25) is 0 Å². The number of carbonyl (C=O) groups excluding carboxylic acids is 3. The SMILES string of the molecule is CCOC(=O)COc1cc(-c2oc3cc(C(=O)OC)cc(OC(C)=O)c3c(=O)c2Br)ccc1OC. The highest BCUT2D eigenvalue weighted by molar-refractivity contribution is 9.10. The van der Waals surface area contributed by atoms with E-state index in [2.05, 4.69) is 15.9 Å². The third-order valence-electron chi connectivity index (χ3n) is 4.66. The van der Waals surface area contributed by atoms with Crippen LogP contribution in [0.3, 0.4) is 0 Å². The minimum atomic E-state index is -0.716. The summed E-state index contributed by atoms with van der Waals surface area (Å²) in [5.74, 6) is -1.48. The van der Waals surface area contributed by atoms with Gasteiger partial charge in [0.1, 0.15) is 21.2 Å². The van der Waals surface area contributed by atoms with Crippen LogP contribution in [0.15, 0.2) is 44.0 Å². The lowest BCUT2D eigenvalue weighted by atomic mass is 10.1. The van der Waals surface area contributed by atoms with Gasteiger partial charge in [-0.05, 0) is 53.2 Å². The van der Waals surface area contributed by atoms with Crippen LogP contribution in [0.25, 0.3) is 22.3 Å². The molecule has 0 spiro atoms. The van der Waals surface area contributed by atoms with Crippen molar-refractivity contribution in [1.82, 2.24) is 0 Å². The monoisotopic (exact) mass is 548 g/mol. The van der Waals surface area contributed by atoms with E-state index in [1.54, 1.807) is 19.1 Å². The molecule has 35 heavy (non-hydrogen) atoms. The van der Waals surface area contributed by atoms with Crippen molar-refractivity contribution in [2.75, 3.05) is 27.4 Å². The van der Waals surface area contributed by atoms with Crippen LogP contribution in [0.1, 0.15) is 24.2 Å². The fourth-order valence-corrected chi connectivity index (χ4v) is 3.70. The largest absolute Gasteiger partial charge is 0.493 e. The minimum Gasteiger partial charge on any atom is -0.493 e. The molecule has 0 atom stereocenters. The van der Waals surface area contributed by atoms with Gasteiger partial charge in [-0.1, -0.05) is 0 Å². The molecule has 0 aliphatic heterocycles. The van der Waals surface area contributed by atoms with Crippen molar-refractivity contribution in [2.24, 2.45) is 0 Å². The van der Waals surface area contributed by atoms with Gasteiger partial charge in [0.25, 0.3) is 0 Å². The summed E-state index contributed by atoms with van der Waals surface area (Å²) in [5.41, 5.74) is -0.148. The lowest BCUT2D eigenvalue weighted by Crippen LogP contribution is -2.15. The summed E-state index contributed by atoms with van der Waals surface area (Å²) in [6.45, 7) is 2.69. The zero-order valence-electron chi connectivity index (χ0n) is 19.3. The van der Waals surface area contributed by atoms with Crippen LogP contribution in [0, 0.1) is 0 Å². The van der Waals surface area contributed by atoms with Crippen molar-refractivity contribution in [3.05, 3.63) is 50.6 Å². The highest BCUT2D eigenvalue weighted by Crippen LogP contribution is 2.37. The quantitative estimate of drug-likeness (QED) is 0.302. The Morgan fingerprint density at radius 3 is 2.40 bits per heavy atom. The van der Waals surface area contributed by atoms with Gasteiger partial charge in [-0.25, -0.2) is 9.59 Å². The molecule has 1 heterocycles. The second-order valence-corrected chi connectivity index (χ2v) is 7.76. The molecule has 0 unspecified atom stereocenters. The first-order valence-electron chi connectivity index (χ1n) is 10.2. The van der Waals surface area contributed by atoms with Crippen molar-refractivity contribution in [1.29, 1.82) is 0 Å². The van der Waals surface area contributed by atoms with Gasteiger partial charge in [-0.15, -0.1) is 0 Å². The van der Waals surface area contributed by atoms with E-state index in [0.29, 0.717) is 11.3 Å². The van der Waals surface area contributed by atoms with E-state index in [9.17, 15) is 19.2 Å². The van der Waals surface area contributed by atoms with E-state index in [1.165, 1.54) is 32.4 Å². The first kappa shape index (κ1) is 25.8. The highest BCUT2D eigenvalue weighted by Gasteiger charge is 2.22. The number of rotatable bonds is 8. The van der Waals surface area contributed by atoms with Gasteiger partial charge in [0.15, 0.2) is 23.9 Å². The molecule has 0 amide bonds. The maximum absolute atomic E-state index is 13.2. The van der Waals surface area contributed by atoms with E-state index in [-0.39, 0.29) is 51.5 Å². The highest BCUT2D eigenvalue weighted by atomic mass is 79.9. The molecular weight excluding hydrogens is 528 g/mol. The molecule has 1 aromatic heterocycles. The standard InChI is InChI=1S/C24H21BrO10/c1-5-32-19(27)11-33-16-8-13(6-7-15(16)30-3)23-21(25)22(28)20-17(34-12(2)26)9-14(24(29)31-4)10-18(20)35-23/h6-10H,5,11H2,1-4H3. The van der Waals surface area contributed by atoms with Gasteiger partial charge >= 0.3 is 17.9 Å². The molecule has 0 N–H and O–H groups in total. The summed E-state index contributed by atoms with van der Waals surface area (Å²) in [6, 6.07) is 7.24. The van der Waals surface area contributed by atoms with E-state index in [1.807, 2.05) is 0 Å². The lowest BCUT2D eigenvalue weighted by Gasteiger charge is -2.13. The number of halogens is 1. The molecule has 3 rings (SSSR count). The van der Waals surface area contributed by atoms with Gasteiger partial charge in [0.05, 0.1) is 26.4 Å². The fraction of sp³-hybridized carbons (Fsp3) is 0.250. The number of fused-ring (bicyclic) bond motifs is 1. The molecule has 0 saturated heterocycles. The molecule has 0 aliphatic rings. The summed E-state index contributed by atoms with van der Waals surface area (Å²) in [4.78, 5) is 48.7. The molecule has 2 aromatic carbocycles. The smallest absolute Gasteiger partial charge is 0.344 e. The van der Waals surface area contributed by atoms with Crippen molar-refractivity contribution >= 4 is 44.8 Å². The number of hydrogen-bond donors (Lipinski definition) is 0. The maximum atomic E-state index is 13.2. The van der Waals surface area contributed by atoms with E-state index >= 15 is 0 Å². The molecule has 3 aromatic rings. The van der Waals surface area contributed by atoms with Gasteiger partial charge < -0.3 is 28.1 Å². The maximum Gasteiger partial charge on any atom is 0.344 e. The average Bonchev–Trinajstić information content (AvgIpc) is 2.83. The van der Waals surface area contributed by atoms with Gasteiger partial charge in [0.2, 0.25) is 5.43 Å². The average molecular weight is 549 g/mol. The Balaban J connectivity index is 2.19. The second-order valence-electron chi connectivity index (χ2n) is 6.97. The Kier molecular flexibility index (Phi) is 8.13. The summed E-state index contributed by atoms with van der Waals surface area (Å²) in [7, 11) is 2.62. The normalized spacial score (nSPS) is 10.5. The predicted molar refractivity (Wildman–Crippen MR) is 127 cm³/mol. The Labute approximate surface area is 207 Å². The second kappa shape index (κ2) is 11.0. The molecule has 0 bridgehead atoms. The van der Waals surface area contributed by atoms with Crippen LogP contribution in [0.5, 0.6) is 17.2 Å². The van der Waals surface area contributed by atoms with E-state index in [0.717, 1.165) is 6.92 Å². The Bertz CT molecular complexity index is 1360. The molecule has 0 aliphatic carbocycles. The lowest BCUT2D eigenvalue weighted by molar-refractivity contribution is -0.145. The first-order chi connectivity index (χ1) is 16.7. The van der Waals surface area contributed by atoms with Crippen LogP contribution in [0.4, 0.5) is 0 Å². The van der Waals surface area contributed by atoms with Crippen LogP contribution < -0.4 is 19.6 Å². The molecular formula is C24H21BrO10. The van der Waals surface area contributed by atoms with Crippen molar-refractivity contribution in [2.45, 2.75) is 13.8 Å². The molecule has 184 valence electrons. The van der Waals surface area contributed by atoms with Crippen molar-refractivity contribution < 1.29 is 42.5 Å². The topological polar surface area (TPSA) is 128 Å². The Morgan fingerprint density at radius 2 is 1.77 bits per heavy atom. The zero-order chi connectivity index (χ0) is 25.7.